The molecule has 1 atom stereocenters. The van der Waals surface area contributed by atoms with Gasteiger partial charge >= 0.3 is 0 Å². The van der Waals surface area contributed by atoms with Crippen LogP contribution in [0.1, 0.15) is 59.3 Å². The third kappa shape index (κ3) is 7.27. The van der Waals surface area contributed by atoms with Gasteiger partial charge in [-0.2, -0.15) is 0 Å². The Morgan fingerprint density at radius 2 is 1.72 bits per heavy atom. The zero-order chi connectivity index (χ0) is 14.0. The molecule has 18 heavy (non-hydrogen) atoms. The standard InChI is InChI=1S/C13H26N2O3/c1-4-5-6-7-8-9-11(16)14-12(10(2)3)13(17)15-18/h10,12,18H,4-9H2,1-3H3,(H,14,16)(H,15,17)/t12-/m1/s1. The Balaban J connectivity index is 3.92. The smallest absolute Gasteiger partial charge is 0.266 e. The van der Waals surface area contributed by atoms with Gasteiger partial charge in [0.05, 0.1) is 0 Å². The summed E-state index contributed by atoms with van der Waals surface area (Å²) in [7, 11) is 0. The van der Waals surface area contributed by atoms with E-state index in [-0.39, 0.29) is 11.8 Å². The maximum Gasteiger partial charge on any atom is 0.266 e. The molecule has 0 saturated carbocycles. The number of hydrogen-bond acceptors (Lipinski definition) is 3. The summed E-state index contributed by atoms with van der Waals surface area (Å²) in [4.78, 5) is 23.0. The van der Waals surface area contributed by atoms with E-state index in [1.165, 1.54) is 12.8 Å². The maximum atomic E-state index is 11.6. The van der Waals surface area contributed by atoms with E-state index in [0.29, 0.717) is 6.42 Å². The molecule has 0 unspecified atom stereocenters. The minimum absolute atomic E-state index is 0.0545. The normalized spacial score (nSPS) is 12.3. The zero-order valence-corrected chi connectivity index (χ0v) is 11.7. The number of hydrogen-bond donors (Lipinski definition) is 3. The average molecular weight is 258 g/mol. The lowest BCUT2D eigenvalue weighted by Gasteiger charge is -2.20. The van der Waals surface area contributed by atoms with Crippen molar-refractivity contribution < 1.29 is 14.8 Å². The number of amides is 2. The molecule has 0 fully saturated rings. The minimum atomic E-state index is -0.668. The van der Waals surface area contributed by atoms with Crippen LogP contribution in [0, 0.1) is 5.92 Å². The number of carbonyl (C=O) groups is 2. The lowest BCUT2D eigenvalue weighted by molar-refractivity contribution is -0.135. The Hall–Kier alpha value is -1.10. The monoisotopic (exact) mass is 258 g/mol. The molecule has 0 saturated heterocycles. The molecule has 0 aliphatic rings. The fourth-order valence-corrected chi connectivity index (χ4v) is 1.74. The van der Waals surface area contributed by atoms with Gasteiger partial charge in [0.25, 0.3) is 5.91 Å². The molecule has 0 heterocycles. The fraction of sp³-hybridized carbons (Fsp3) is 0.846. The summed E-state index contributed by atoms with van der Waals surface area (Å²) < 4.78 is 0. The molecule has 0 aromatic carbocycles. The highest BCUT2D eigenvalue weighted by Crippen LogP contribution is 2.06. The van der Waals surface area contributed by atoms with Crippen LogP contribution < -0.4 is 10.8 Å². The van der Waals surface area contributed by atoms with Crippen molar-refractivity contribution in [2.45, 2.75) is 65.3 Å². The van der Waals surface area contributed by atoms with Crippen LogP contribution >= 0.6 is 0 Å². The van der Waals surface area contributed by atoms with Crippen LogP contribution in [0.25, 0.3) is 0 Å². The minimum Gasteiger partial charge on any atom is -0.344 e. The van der Waals surface area contributed by atoms with E-state index >= 15 is 0 Å². The first-order chi connectivity index (χ1) is 8.52. The molecule has 0 radical (unpaired) electrons. The first kappa shape index (κ1) is 16.9. The Morgan fingerprint density at radius 1 is 1.11 bits per heavy atom. The highest BCUT2D eigenvalue weighted by atomic mass is 16.5. The van der Waals surface area contributed by atoms with Crippen molar-refractivity contribution in [1.82, 2.24) is 10.8 Å². The molecule has 2 amide bonds. The molecule has 5 nitrogen and oxygen atoms in total. The summed E-state index contributed by atoms with van der Waals surface area (Å²) in [6.45, 7) is 5.79. The van der Waals surface area contributed by atoms with Gasteiger partial charge in [-0.05, 0) is 12.3 Å². The summed E-state index contributed by atoms with van der Waals surface area (Å²) in [5, 5.41) is 11.2. The highest BCUT2D eigenvalue weighted by molar-refractivity contribution is 5.87. The SMILES string of the molecule is CCCCCCCC(=O)N[C@@H](C(=O)NO)C(C)C. The van der Waals surface area contributed by atoms with Gasteiger partial charge in [0, 0.05) is 6.42 Å². The molecule has 5 heteroatoms. The molecular formula is C13H26N2O3. The molecule has 0 aromatic rings. The highest BCUT2D eigenvalue weighted by Gasteiger charge is 2.23. The second-order valence-corrected chi connectivity index (χ2v) is 4.93. The van der Waals surface area contributed by atoms with Crippen LogP contribution in [-0.2, 0) is 9.59 Å². The predicted octanol–water partition coefficient (Wildman–Crippen LogP) is 1.99. The molecule has 0 aliphatic heterocycles. The number of nitrogens with one attached hydrogen (secondary N) is 2. The van der Waals surface area contributed by atoms with Gasteiger partial charge < -0.3 is 5.32 Å². The van der Waals surface area contributed by atoms with Gasteiger partial charge in [0.2, 0.25) is 5.91 Å². The Kier molecular flexibility index (Phi) is 9.28. The number of hydroxylamine groups is 1. The van der Waals surface area contributed by atoms with Crippen LogP contribution in [0.3, 0.4) is 0 Å². The first-order valence-corrected chi connectivity index (χ1v) is 6.76. The summed E-state index contributed by atoms with van der Waals surface area (Å²) in [6, 6.07) is -0.668. The molecule has 0 spiro atoms. The quantitative estimate of drug-likeness (QED) is 0.336. The first-order valence-electron chi connectivity index (χ1n) is 6.76. The van der Waals surface area contributed by atoms with E-state index in [9.17, 15) is 9.59 Å². The van der Waals surface area contributed by atoms with Crippen LogP contribution in [0.5, 0.6) is 0 Å². The van der Waals surface area contributed by atoms with Crippen molar-refractivity contribution in [3.05, 3.63) is 0 Å². The number of rotatable bonds is 9. The Labute approximate surface area is 109 Å². The predicted molar refractivity (Wildman–Crippen MR) is 70.1 cm³/mol. The molecular weight excluding hydrogens is 232 g/mol. The topological polar surface area (TPSA) is 78.4 Å². The summed E-state index contributed by atoms with van der Waals surface area (Å²) >= 11 is 0. The molecule has 0 rings (SSSR count). The van der Waals surface area contributed by atoms with Gasteiger partial charge in [0.1, 0.15) is 6.04 Å². The fourth-order valence-electron chi connectivity index (χ4n) is 1.74. The van der Waals surface area contributed by atoms with E-state index in [1.54, 1.807) is 5.48 Å². The van der Waals surface area contributed by atoms with Crippen LogP contribution in [-0.4, -0.2) is 23.1 Å². The molecule has 0 aromatic heterocycles. The van der Waals surface area contributed by atoms with Gasteiger partial charge in [-0.15, -0.1) is 0 Å². The van der Waals surface area contributed by atoms with Crippen molar-refractivity contribution in [3.63, 3.8) is 0 Å². The average Bonchev–Trinajstić information content (AvgIpc) is 2.34. The second-order valence-electron chi connectivity index (χ2n) is 4.93. The van der Waals surface area contributed by atoms with Crippen molar-refractivity contribution in [2.24, 2.45) is 5.92 Å². The van der Waals surface area contributed by atoms with Crippen molar-refractivity contribution in [2.75, 3.05) is 0 Å². The lowest BCUT2D eigenvalue weighted by atomic mass is 10.0. The van der Waals surface area contributed by atoms with E-state index in [4.69, 9.17) is 5.21 Å². The Morgan fingerprint density at radius 3 is 2.22 bits per heavy atom. The Bertz CT molecular complexity index is 255. The van der Waals surface area contributed by atoms with Crippen molar-refractivity contribution >= 4 is 11.8 Å². The zero-order valence-electron chi connectivity index (χ0n) is 11.7. The number of unbranched alkanes of at least 4 members (excludes halogenated alkanes) is 4. The third-order valence-electron chi connectivity index (χ3n) is 2.88. The van der Waals surface area contributed by atoms with Gasteiger partial charge in [0.15, 0.2) is 0 Å². The summed E-state index contributed by atoms with van der Waals surface area (Å²) in [6.07, 6.45) is 5.85. The molecule has 0 bridgehead atoms. The van der Waals surface area contributed by atoms with Crippen molar-refractivity contribution in [3.8, 4) is 0 Å². The second kappa shape index (κ2) is 9.88. The molecule has 0 aliphatic carbocycles. The van der Waals surface area contributed by atoms with Crippen LogP contribution in [0.15, 0.2) is 0 Å². The van der Waals surface area contributed by atoms with Gasteiger partial charge in [-0.3, -0.25) is 14.8 Å². The van der Waals surface area contributed by atoms with Gasteiger partial charge in [-0.1, -0.05) is 46.5 Å². The maximum absolute atomic E-state index is 11.6. The van der Waals surface area contributed by atoms with E-state index < -0.39 is 11.9 Å². The van der Waals surface area contributed by atoms with Crippen LogP contribution in [0.2, 0.25) is 0 Å². The molecule has 106 valence electrons. The number of carbonyl (C=O) groups excluding carboxylic acids is 2. The van der Waals surface area contributed by atoms with E-state index in [1.807, 2.05) is 13.8 Å². The largest absolute Gasteiger partial charge is 0.344 e. The van der Waals surface area contributed by atoms with E-state index in [2.05, 4.69) is 12.2 Å². The third-order valence-corrected chi connectivity index (χ3v) is 2.88. The molecule has 3 N–H and O–H groups in total. The summed E-state index contributed by atoms with van der Waals surface area (Å²) in [5.74, 6) is -0.751. The van der Waals surface area contributed by atoms with E-state index in [0.717, 1.165) is 19.3 Å². The van der Waals surface area contributed by atoms with Crippen LogP contribution in [0.4, 0.5) is 0 Å². The summed E-state index contributed by atoms with van der Waals surface area (Å²) in [5.41, 5.74) is 1.58. The lowest BCUT2D eigenvalue weighted by Crippen LogP contribution is -2.48. The van der Waals surface area contributed by atoms with Crippen molar-refractivity contribution in [1.29, 1.82) is 0 Å². The van der Waals surface area contributed by atoms with Gasteiger partial charge in [-0.25, -0.2) is 5.48 Å².